The first-order valence-corrected chi connectivity index (χ1v) is 9.83. The number of rotatable bonds is 5. The summed E-state index contributed by atoms with van der Waals surface area (Å²) in [5.74, 6) is -0.123. The van der Waals surface area contributed by atoms with Gasteiger partial charge in [0.1, 0.15) is 12.2 Å². The highest BCUT2D eigenvalue weighted by Crippen LogP contribution is 2.18. The molecular formula is C21H36O7. The van der Waals surface area contributed by atoms with E-state index >= 15 is 0 Å². The summed E-state index contributed by atoms with van der Waals surface area (Å²) in [5, 5.41) is 25.9. The molecule has 0 bridgehead atoms. The molecule has 0 aromatic carbocycles. The third-order valence-corrected chi connectivity index (χ3v) is 4.36. The minimum atomic E-state index is -1.00. The van der Waals surface area contributed by atoms with Gasteiger partial charge in [-0.2, -0.15) is 0 Å². The molecule has 0 spiro atoms. The molecule has 3 N–H and O–H groups in total. The Morgan fingerprint density at radius 3 is 1.71 bits per heavy atom. The van der Waals surface area contributed by atoms with Crippen molar-refractivity contribution in [3.05, 3.63) is 24.3 Å². The smallest absolute Gasteiger partial charge is 0.334 e. The number of esters is 2. The van der Waals surface area contributed by atoms with Gasteiger partial charge in [-0.25, -0.2) is 9.59 Å². The SMILES string of the molecule is COC(=O)[C@H](C)O.C[C@H](O)C(=O)OCC1CC=CCC1.OCC1CC=CCC1. The van der Waals surface area contributed by atoms with Crippen molar-refractivity contribution in [3.8, 4) is 0 Å². The lowest BCUT2D eigenvalue weighted by Gasteiger charge is -2.17. The van der Waals surface area contributed by atoms with Crippen LogP contribution in [0.15, 0.2) is 24.3 Å². The predicted molar refractivity (Wildman–Crippen MR) is 106 cm³/mol. The molecule has 2 aliphatic carbocycles. The van der Waals surface area contributed by atoms with Gasteiger partial charge in [0.05, 0.1) is 13.7 Å². The third kappa shape index (κ3) is 13.5. The van der Waals surface area contributed by atoms with Gasteiger partial charge in [-0.15, -0.1) is 0 Å². The van der Waals surface area contributed by atoms with Gasteiger partial charge in [-0.05, 0) is 64.2 Å². The maximum absolute atomic E-state index is 10.9. The molecule has 2 aliphatic rings. The van der Waals surface area contributed by atoms with Crippen molar-refractivity contribution >= 4 is 11.9 Å². The van der Waals surface area contributed by atoms with Gasteiger partial charge in [0.2, 0.25) is 0 Å². The van der Waals surface area contributed by atoms with Gasteiger partial charge < -0.3 is 24.8 Å². The van der Waals surface area contributed by atoms with Gasteiger partial charge >= 0.3 is 11.9 Å². The first-order valence-electron chi connectivity index (χ1n) is 9.83. The van der Waals surface area contributed by atoms with E-state index in [2.05, 4.69) is 29.0 Å². The van der Waals surface area contributed by atoms with E-state index in [9.17, 15) is 9.59 Å². The van der Waals surface area contributed by atoms with E-state index in [1.54, 1.807) is 0 Å². The van der Waals surface area contributed by atoms with Crippen molar-refractivity contribution in [2.24, 2.45) is 11.8 Å². The molecule has 162 valence electrons. The zero-order valence-corrected chi connectivity index (χ0v) is 17.3. The Labute approximate surface area is 168 Å². The maximum Gasteiger partial charge on any atom is 0.334 e. The summed E-state index contributed by atoms with van der Waals surface area (Å²) >= 11 is 0. The third-order valence-electron chi connectivity index (χ3n) is 4.36. The van der Waals surface area contributed by atoms with Gasteiger partial charge in [0, 0.05) is 6.61 Å². The summed E-state index contributed by atoms with van der Waals surface area (Å²) in [6, 6.07) is 0. The molecule has 0 aromatic rings. The van der Waals surface area contributed by atoms with Crippen LogP contribution in [-0.4, -0.2) is 59.8 Å². The topological polar surface area (TPSA) is 113 Å². The van der Waals surface area contributed by atoms with E-state index in [-0.39, 0.29) is 0 Å². The molecule has 0 heterocycles. The summed E-state index contributed by atoms with van der Waals surface area (Å²) < 4.78 is 9.04. The molecular weight excluding hydrogens is 364 g/mol. The lowest BCUT2D eigenvalue weighted by molar-refractivity contribution is -0.154. The molecule has 0 aliphatic heterocycles. The Hall–Kier alpha value is -1.70. The molecule has 0 saturated heterocycles. The van der Waals surface area contributed by atoms with E-state index in [1.165, 1.54) is 27.4 Å². The zero-order valence-electron chi connectivity index (χ0n) is 17.3. The Morgan fingerprint density at radius 2 is 1.43 bits per heavy atom. The highest BCUT2D eigenvalue weighted by molar-refractivity contribution is 5.73. The average Bonchev–Trinajstić information content (AvgIpc) is 2.73. The van der Waals surface area contributed by atoms with Crippen LogP contribution in [0.3, 0.4) is 0 Å². The molecule has 7 nitrogen and oxygen atoms in total. The number of methoxy groups -OCH3 is 1. The van der Waals surface area contributed by atoms with Crippen LogP contribution in [0.1, 0.15) is 52.4 Å². The largest absolute Gasteiger partial charge is 0.467 e. The van der Waals surface area contributed by atoms with Crippen LogP contribution in [0.4, 0.5) is 0 Å². The van der Waals surface area contributed by atoms with Crippen molar-refractivity contribution < 1.29 is 34.4 Å². The van der Waals surface area contributed by atoms with Crippen LogP contribution < -0.4 is 0 Å². The standard InChI is InChI=1S/C10H16O3.C7H12O.C4H8O3/c1-8(11)10(12)13-7-9-5-3-2-4-6-9;8-6-7-4-2-1-3-5-7;1-3(5)4(6)7-2/h2-3,8-9,11H,4-7H2,1H3;1-2,7-8H,3-6H2;3,5H,1-2H3/t8-,9?;;3-/m0.0/s1. The summed E-state index contributed by atoms with van der Waals surface area (Å²) in [5.41, 5.74) is 0. The normalized spacial score (nSPS) is 22.5. The van der Waals surface area contributed by atoms with Gasteiger partial charge in [0.25, 0.3) is 0 Å². The molecule has 4 atom stereocenters. The van der Waals surface area contributed by atoms with Crippen LogP contribution in [-0.2, 0) is 19.1 Å². The Balaban J connectivity index is 0.000000419. The predicted octanol–water partition coefficient (Wildman–Crippen LogP) is 2.14. The van der Waals surface area contributed by atoms with Crippen LogP contribution in [0, 0.1) is 11.8 Å². The number of hydrogen-bond donors (Lipinski definition) is 3. The first-order chi connectivity index (χ1) is 13.3. The minimum absolute atomic E-state index is 0.365. The second-order valence-electron chi connectivity index (χ2n) is 6.99. The maximum atomic E-state index is 10.9. The van der Waals surface area contributed by atoms with Crippen molar-refractivity contribution in [2.45, 2.75) is 64.6 Å². The lowest BCUT2D eigenvalue weighted by atomic mass is 9.95. The molecule has 2 rings (SSSR count). The van der Waals surface area contributed by atoms with Crippen molar-refractivity contribution in [2.75, 3.05) is 20.3 Å². The molecule has 28 heavy (non-hydrogen) atoms. The van der Waals surface area contributed by atoms with Gasteiger partial charge in [0.15, 0.2) is 0 Å². The second kappa shape index (κ2) is 16.3. The van der Waals surface area contributed by atoms with Gasteiger partial charge in [-0.1, -0.05) is 24.3 Å². The fourth-order valence-corrected chi connectivity index (χ4v) is 2.52. The Kier molecular flexibility index (Phi) is 15.3. The van der Waals surface area contributed by atoms with E-state index in [0.29, 0.717) is 25.0 Å². The zero-order chi connectivity index (χ0) is 21.4. The lowest BCUT2D eigenvalue weighted by Crippen LogP contribution is -2.23. The highest BCUT2D eigenvalue weighted by Gasteiger charge is 2.15. The van der Waals surface area contributed by atoms with E-state index < -0.39 is 24.1 Å². The number of aliphatic hydroxyl groups excluding tert-OH is 3. The van der Waals surface area contributed by atoms with Crippen LogP contribution in [0.5, 0.6) is 0 Å². The van der Waals surface area contributed by atoms with Crippen LogP contribution in [0.25, 0.3) is 0 Å². The van der Waals surface area contributed by atoms with Crippen molar-refractivity contribution in [1.82, 2.24) is 0 Å². The highest BCUT2D eigenvalue weighted by atomic mass is 16.5. The second-order valence-corrected chi connectivity index (χ2v) is 6.99. The molecule has 7 heteroatoms. The van der Waals surface area contributed by atoms with Crippen molar-refractivity contribution in [3.63, 3.8) is 0 Å². The number of aliphatic hydroxyl groups is 3. The Morgan fingerprint density at radius 1 is 0.929 bits per heavy atom. The monoisotopic (exact) mass is 400 g/mol. The fourth-order valence-electron chi connectivity index (χ4n) is 2.52. The van der Waals surface area contributed by atoms with E-state index in [0.717, 1.165) is 32.1 Å². The summed E-state index contributed by atoms with van der Waals surface area (Å²) in [6.07, 6.45) is 13.1. The number of allylic oxidation sites excluding steroid dienone is 4. The van der Waals surface area contributed by atoms with E-state index in [4.69, 9.17) is 20.1 Å². The first kappa shape index (κ1) is 26.3. The van der Waals surface area contributed by atoms with Crippen LogP contribution >= 0.6 is 0 Å². The molecule has 2 unspecified atom stereocenters. The molecule has 0 radical (unpaired) electrons. The number of carbonyl (C=O) groups is 2. The number of carbonyl (C=O) groups excluding carboxylic acids is 2. The average molecular weight is 401 g/mol. The fraction of sp³-hybridized carbons (Fsp3) is 0.714. The molecule has 0 aromatic heterocycles. The summed E-state index contributed by atoms with van der Waals surface area (Å²) in [6.45, 7) is 3.58. The van der Waals surface area contributed by atoms with E-state index in [1.807, 2.05) is 0 Å². The molecule has 0 saturated carbocycles. The number of hydrogen-bond acceptors (Lipinski definition) is 7. The summed E-state index contributed by atoms with van der Waals surface area (Å²) in [7, 11) is 1.23. The van der Waals surface area contributed by atoms with Gasteiger partial charge in [-0.3, -0.25) is 0 Å². The quantitative estimate of drug-likeness (QED) is 0.479. The Bertz CT molecular complexity index is 483. The summed E-state index contributed by atoms with van der Waals surface area (Å²) in [4.78, 5) is 20.9. The molecule has 0 fully saturated rings. The molecule has 0 amide bonds. The number of ether oxygens (including phenoxy) is 2. The minimum Gasteiger partial charge on any atom is -0.467 e. The van der Waals surface area contributed by atoms with Crippen molar-refractivity contribution in [1.29, 1.82) is 0 Å². The van der Waals surface area contributed by atoms with Crippen LogP contribution in [0.2, 0.25) is 0 Å².